The number of carbonyl (C=O) groups is 1. The Bertz CT molecular complexity index is 425. The van der Waals surface area contributed by atoms with E-state index in [1.807, 2.05) is 0 Å². The standard InChI is InChI=1S/C13H20N2O2S/c1-8(10-6-4-3-5-7-10)14-12-11(13(16)17)9(2)15-18-12/h8,10,14H,3-7H2,1-2H3,(H,16,17). The number of nitrogens with zero attached hydrogens (tertiary/aromatic N) is 1. The topological polar surface area (TPSA) is 62.2 Å². The van der Waals surface area contributed by atoms with Crippen molar-refractivity contribution in [2.75, 3.05) is 5.32 Å². The Morgan fingerprint density at radius 2 is 2.11 bits per heavy atom. The number of nitrogens with one attached hydrogen (secondary N) is 1. The van der Waals surface area contributed by atoms with Gasteiger partial charge < -0.3 is 10.4 Å². The summed E-state index contributed by atoms with van der Waals surface area (Å²) in [7, 11) is 0. The average molecular weight is 268 g/mol. The maximum atomic E-state index is 11.2. The molecular weight excluding hydrogens is 248 g/mol. The summed E-state index contributed by atoms with van der Waals surface area (Å²) in [5, 5.41) is 13.2. The summed E-state index contributed by atoms with van der Waals surface area (Å²) >= 11 is 1.25. The van der Waals surface area contributed by atoms with Crippen LogP contribution in [0.15, 0.2) is 0 Å². The fourth-order valence-corrected chi connectivity index (χ4v) is 3.56. The molecule has 1 atom stereocenters. The molecule has 4 nitrogen and oxygen atoms in total. The molecule has 0 amide bonds. The molecule has 1 saturated carbocycles. The van der Waals surface area contributed by atoms with Gasteiger partial charge in [0.1, 0.15) is 10.6 Å². The number of carboxylic acid groups (broad SMARTS) is 1. The number of rotatable bonds is 4. The third kappa shape index (κ3) is 2.83. The molecule has 0 saturated heterocycles. The molecule has 1 fully saturated rings. The van der Waals surface area contributed by atoms with E-state index in [2.05, 4.69) is 16.6 Å². The highest BCUT2D eigenvalue weighted by Crippen LogP contribution is 2.31. The zero-order chi connectivity index (χ0) is 13.1. The van der Waals surface area contributed by atoms with Crippen molar-refractivity contribution >= 4 is 22.5 Å². The molecule has 1 aromatic rings. The minimum absolute atomic E-state index is 0.322. The lowest BCUT2D eigenvalue weighted by Crippen LogP contribution is -2.27. The Balaban J connectivity index is 2.06. The van der Waals surface area contributed by atoms with Crippen LogP contribution in [0.3, 0.4) is 0 Å². The summed E-state index contributed by atoms with van der Waals surface area (Å²) in [6.07, 6.45) is 6.42. The smallest absolute Gasteiger partial charge is 0.340 e. The van der Waals surface area contributed by atoms with Crippen LogP contribution in [0.5, 0.6) is 0 Å². The van der Waals surface area contributed by atoms with Crippen molar-refractivity contribution in [2.45, 2.75) is 52.0 Å². The molecule has 0 aromatic carbocycles. The molecule has 0 spiro atoms. The van der Waals surface area contributed by atoms with Crippen molar-refractivity contribution in [3.8, 4) is 0 Å². The Hall–Kier alpha value is -1.10. The lowest BCUT2D eigenvalue weighted by molar-refractivity contribution is 0.0697. The number of aryl methyl sites for hydroxylation is 1. The summed E-state index contributed by atoms with van der Waals surface area (Å²) in [5.74, 6) is -0.234. The number of hydrogen-bond acceptors (Lipinski definition) is 4. The zero-order valence-corrected chi connectivity index (χ0v) is 11.7. The quantitative estimate of drug-likeness (QED) is 0.877. The number of hydrogen-bond donors (Lipinski definition) is 2. The van der Waals surface area contributed by atoms with E-state index in [-0.39, 0.29) is 0 Å². The van der Waals surface area contributed by atoms with Gasteiger partial charge in [-0.1, -0.05) is 19.3 Å². The summed E-state index contributed by atoms with van der Waals surface area (Å²) in [6, 6.07) is 0.322. The SMILES string of the molecule is Cc1nsc(NC(C)C2CCCCC2)c1C(=O)O. The summed E-state index contributed by atoms with van der Waals surface area (Å²) < 4.78 is 4.13. The third-order valence-corrected chi connectivity index (χ3v) is 4.66. The second-order valence-corrected chi connectivity index (χ2v) is 5.88. The molecule has 0 aliphatic heterocycles. The van der Waals surface area contributed by atoms with E-state index >= 15 is 0 Å². The fraction of sp³-hybridized carbons (Fsp3) is 0.692. The van der Waals surface area contributed by atoms with Crippen LogP contribution in [-0.2, 0) is 0 Å². The number of aromatic nitrogens is 1. The lowest BCUT2D eigenvalue weighted by atomic mass is 9.84. The molecule has 2 rings (SSSR count). The van der Waals surface area contributed by atoms with Crippen molar-refractivity contribution < 1.29 is 9.90 Å². The second kappa shape index (κ2) is 5.69. The van der Waals surface area contributed by atoms with Crippen molar-refractivity contribution in [2.24, 2.45) is 5.92 Å². The van der Waals surface area contributed by atoms with E-state index in [9.17, 15) is 9.90 Å². The highest BCUT2D eigenvalue weighted by molar-refractivity contribution is 7.10. The zero-order valence-electron chi connectivity index (χ0n) is 10.9. The molecule has 0 radical (unpaired) electrons. The van der Waals surface area contributed by atoms with Gasteiger partial charge in [-0.3, -0.25) is 0 Å². The van der Waals surface area contributed by atoms with Crippen LogP contribution in [0.1, 0.15) is 55.1 Å². The Morgan fingerprint density at radius 3 is 2.72 bits per heavy atom. The summed E-state index contributed by atoms with van der Waals surface area (Å²) in [6.45, 7) is 3.90. The molecule has 5 heteroatoms. The molecule has 0 bridgehead atoms. The van der Waals surface area contributed by atoms with E-state index in [0.29, 0.717) is 28.2 Å². The average Bonchev–Trinajstić information content (AvgIpc) is 2.71. The van der Waals surface area contributed by atoms with Crippen molar-refractivity contribution in [1.82, 2.24) is 4.37 Å². The van der Waals surface area contributed by atoms with Crippen LogP contribution in [0.25, 0.3) is 0 Å². The predicted molar refractivity (Wildman–Crippen MR) is 73.5 cm³/mol. The van der Waals surface area contributed by atoms with Crippen molar-refractivity contribution in [1.29, 1.82) is 0 Å². The van der Waals surface area contributed by atoms with E-state index in [1.165, 1.54) is 43.6 Å². The fourth-order valence-electron chi connectivity index (χ4n) is 2.68. The predicted octanol–water partition coefficient (Wildman–Crippen LogP) is 3.53. The summed E-state index contributed by atoms with van der Waals surface area (Å²) in [5.41, 5.74) is 0.938. The van der Waals surface area contributed by atoms with Gasteiger partial charge in [0.25, 0.3) is 0 Å². The first-order valence-electron chi connectivity index (χ1n) is 6.55. The van der Waals surface area contributed by atoms with Crippen LogP contribution in [0.4, 0.5) is 5.00 Å². The maximum absolute atomic E-state index is 11.2. The molecule has 1 unspecified atom stereocenters. The van der Waals surface area contributed by atoms with E-state index in [1.54, 1.807) is 6.92 Å². The number of anilines is 1. The van der Waals surface area contributed by atoms with Gasteiger partial charge in [-0.2, -0.15) is 4.37 Å². The number of aromatic carboxylic acids is 1. The summed E-state index contributed by atoms with van der Waals surface area (Å²) in [4.78, 5) is 11.2. The first-order chi connectivity index (χ1) is 8.59. The first-order valence-corrected chi connectivity index (χ1v) is 7.33. The minimum Gasteiger partial charge on any atom is -0.478 e. The molecule has 100 valence electrons. The van der Waals surface area contributed by atoms with Crippen LogP contribution in [0, 0.1) is 12.8 Å². The monoisotopic (exact) mass is 268 g/mol. The van der Waals surface area contributed by atoms with E-state index in [4.69, 9.17) is 0 Å². The lowest BCUT2D eigenvalue weighted by Gasteiger charge is -2.28. The largest absolute Gasteiger partial charge is 0.478 e. The van der Waals surface area contributed by atoms with Crippen LogP contribution >= 0.6 is 11.5 Å². The molecule has 1 aromatic heterocycles. The van der Waals surface area contributed by atoms with Gasteiger partial charge in [0.2, 0.25) is 0 Å². The second-order valence-electron chi connectivity index (χ2n) is 5.11. The maximum Gasteiger partial charge on any atom is 0.340 e. The minimum atomic E-state index is -0.889. The Morgan fingerprint density at radius 1 is 1.44 bits per heavy atom. The van der Waals surface area contributed by atoms with E-state index in [0.717, 1.165) is 0 Å². The van der Waals surface area contributed by atoms with Gasteiger partial charge in [0.15, 0.2) is 0 Å². The first kappa shape index (κ1) is 13.3. The van der Waals surface area contributed by atoms with Crippen molar-refractivity contribution in [3.63, 3.8) is 0 Å². The van der Waals surface area contributed by atoms with Gasteiger partial charge in [-0.05, 0) is 44.1 Å². The highest BCUT2D eigenvalue weighted by atomic mass is 32.1. The van der Waals surface area contributed by atoms with Gasteiger partial charge in [-0.15, -0.1) is 0 Å². The van der Waals surface area contributed by atoms with Gasteiger partial charge in [-0.25, -0.2) is 4.79 Å². The van der Waals surface area contributed by atoms with Gasteiger partial charge >= 0.3 is 5.97 Å². The van der Waals surface area contributed by atoms with Gasteiger partial charge in [0, 0.05) is 6.04 Å². The number of carboxylic acids is 1. The molecule has 2 N–H and O–H groups in total. The van der Waals surface area contributed by atoms with E-state index < -0.39 is 5.97 Å². The normalized spacial score (nSPS) is 18.6. The molecule has 18 heavy (non-hydrogen) atoms. The highest BCUT2D eigenvalue weighted by Gasteiger charge is 2.23. The third-order valence-electron chi connectivity index (χ3n) is 3.79. The molecule has 1 aliphatic rings. The molecule has 1 aliphatic carbocycles. The van der Waals surface area contributed by atoms with Crippen LogP contribution < -0.4 is 5.32 Å². The Labute approximate surface area is 112 Å². The molecule has 1 heterocycles. The van der Waals surface area contributed by atoms with Crippen LogP contribution in [0.2, 0.25) is 0 Å². The Kier molecular flexibility index (Phi) is 4.22. The molecular formula is C13H20N2O2S. The van der Waals surface area contributed by atoms with Gasteiger partial charge in [0.05, 0.1) is 5.69 Å². The van der Waals surface area contributed by atoms with Crippen LogP contribution in [-0.4, -0.2) is 21.5 Å². The van der Waals surface area contributed by atoms with Crippen molar-refractivity contribution in [3.05, 3.63) is 11.3 Å².